The third kappa shape index (κ3) is 4.41. The fourth-order valence-corrected chi connectivity index (χ4v) is 2.71. The highest BCUT2D eigenvalue weighted by Gasteiger charge is 2.29. The SMILES string of the molecule is CC1CNC(C(=O)N2CCN(CCN(C)C)CC2)CN1. The molecule has 1 amide bonds. The van der Waals surface area contributed by atoms with E-state index in [2.05, 4.69) is 41.5 Å². The van der Waals surface area contributed by atoms with E-state index < -0.39 is 0 Å². The number of piperazine rings is 2. The summed E-state index contributed by atoms with van der Waals surface area (Å²) in [5.41, 5.74) is 0. The van der Waals surface area contributed by atoms with E-state index in [1.165, 1.54) is 0 Å². The average Bonchev–Trinajstić information content (AvgIpc) is 2.46. The number of amides is 1. The molecule has 0 aromatic heterocycles. The molecule has 0 spiro atoms. The van der Waals surface area contributed by atoms with Crippen molar-refractivity contribution in [1.82, 2.24) is 25.3 Å². The maximum atomic E-state index is 12.4. The second-order valence-corrected chi connectivity index (χ2v) is 6.24. The number of hydrogen-bond donors (Lipinski definition) is 2. The van der Waals surface area contributed by atoms with Crippen LogP contribution in [-0.4, -0.2) is 99.1 Å². The maximum absolute atomic E-state index is 12.4. The molecule has 2 unspecified atom stereocenters. The molecule has 6 nitrogen and oxygen atoms in total. The average molecular weight is 283 g/mol. The first-order valence-corrected chi connectivity index (χ1v) is 7.69. The second kappa shape index (κ2) is 7.36. The Morgan fingerprint density at radius 1 is 1.15 bits per heavy atom. The van der Waals surface area contributed by atoms with Gasteiger partial charge in [0.25, 0.3) is 0 Å². The maximum Gasteiger partial charge on any atom is 0.241 e. The summed E-state index contributed by atoms with van der Waals surface area (Å²) in [5, 5.41) is 6.71. The molecule has 2 rings (SSSR count). The Labute approximate surface area is 122 Å². The molecule has 0 radical (unpaired) electrons. The van der Waals surface area contributed by atoms with E-state index in [9.17, 15) is 4.79 Å². The van der Waals surface area contributed by atoms with Crippen molar-refractivity contribution < 1.29 is 4.79 Å². The fourth-order valence-electron chi connectivity index (χ4n) is 2.71. The zero-order valence-corrected chi connectivity index (χ0v) is 13.1. The van der Waals surface area contributed by atoms with Gasteiger partial charge >= 0.3 is 0 Å². The van der Waals surface area contributed by atoms with E-state index in [1.807, 2.05) is 4.90 Å². The molecule has 20 heavy (non-hydrogen) atoms. The molecule has 116 valence electrons. The number of carbonyl (C=O) groups is 1. The van der Waals surface area contributed by atoms with Crippen molar-refractivity contribution in [3.8, 4) is 0 Å². The number of nitrogens with one attached hydrogen (secondary N) is 2. The first-order chi connectivity index (χ1) is 9.56. The predicted octanol–water partition coefficient (Wildman–Crippen LogP) is -1.36. The van der Waals surface area contributed by atoms with Gasteiger partial charge in [0.15, 0.2) is 0 Å². The number of rotatable bonds is 4. The molecule has 2 aliphatic heterocycles. The summed E-state index contributed by atoms with van der Waals surface area (Å²) in [4.78, 5) is 19.1. The van der Waals surface area contributed by atoms with E-state index in [1.54, 1.807) is 0 Å². The van der Waals surface area contributed by atoms with Gasteiger partial charge in [-0.25, -0.2) is 0 Å². The van der Waals surface area contributed by atoms with Gasteiger partial charge in [-0.3, -0.25) is 9.69 Å². The molecule has 2 N–H and O–H groups in total. The van der Waals surface area contributed by atoms with E-state index in [0.29, 0.717) is 6.04 Å². The van der Waals surface area contributed by atoms with Gasteiger partial charge in [0.2, 0.25) is 5.91 Å². The van der Waals surface area contributed by atoms with Crippen LogP contribution in [0.25, 0.3) is 0 Å². The Morgan fingerprint density at radius 2 is 1.85 bits per heavy atom. The van der Waals surface area contributed by atoms with Crippen molar-refractivity contribution in [2.45, 2.75) is 19.0 Å². The lowest BCUT2D eigenvalue weighted by molar-refractivity contribution is -0.135. The lowest BCUT2D eigenvalue weighted by Gasteiger charge is -2.38. The van der Waals surface area contributed by atoms with Crippen LogP contribution < -0.4 is 10.6 Å². The molecule has 2 saturated heterocycles. The Bertz CT molecular complexity index is 307. The minimum Gasteiger partial charge on any atom is -0.339 e. The van der Waals surface area contributed by atoms with Gasteiger partial charge < -0.3 is 20.4 Å². The molecule has 0 saturated carbocycles. The summed E-state index contributed by atoms with van der Waals surface area (Å²) in [5.74, 6) is 0.261. The van der Waals surface area contributed by atoms with E-state index in [-0.39, 0.29) is 11.9 Å². The molecule has 2 fully saturated rings. The fraction of sp³-hybridized carbons (Fsp3) is 0.929. The summed E-state index contributed by atoms with van der Waals surface area (Å²) < 4.78 is 0. The Balaban J connectivity index is 1.71. The summed E-state index contributed by atoms with van der Waals surface area (Å²) in [6, 6.07) is 0.418. The first kappa shape index (κ1) is 15.7. The standard InChI is InChI=1S/C14H29N5O/c1-12-10-16-13(11-15-12)14(20)19-8-6-18(7-9-19)5-4-17(2)3/h12-13,15-16H,4-11H2,1-3H3. The van der Waals surface area contributed by atoms with E-state index in [0.717, 1.165) is 52.4 Å². The van der Waals surface area contributed by atoms with Gasteiger partial charge in [0.1, 0.15) is 0 Å². The highest BCUT2D eigenvalue weighted by molar-refractivity contribution is 5.82. The number of hydrogen-bond acceptors (Lipinski definition) is 5. The summed E-state index contributed by atoms with van der Waals surface area (Å²) in [6.45, 7) is 9.65. The second-order valence-electron chi connectivity index (χ2n) is 6.24. The van der Waals surface area contributed by atoms with Crippen LogP contribution in [-0.2, 0) is 4.79 Å². The van der Waals surface area contributed by atoms with Crippen LogP contribution in [0.1, 0.15) is 6.92 Å². The summed E-state index contributed by atoms with van der Waals surface area (Å²) >= 11 is 0. The van der Waals surface area contributed by atoms with Crippen LogP contribution in [0.3, 0.4) is 0 Å². The Hall–Kier alpha value is -0.690. The molecule has 6 heteroatoms. The molecular weight excluding hydrogens is 254 g/mol. The van der Waals surface area contributed by atoms with Crippen molar-refractivity contribution in [3.05, 3.63) is 0 Å². The van der Waals surface area contributed by atoms with Crippen LogP contribution in [0.5, 0.6) is 0 Å². The third-order valence-corrected chi connectivity index (χ3v) is 4.19. The molecule has 2 atom stereocenters. The molecule has 2 aliphatic rings. The number of likely N-dealkylation sites (N-methyl/N-ethyl adjacent to an activating group) is 1. The number of carbonyl (C=O) groups excluding carboxylic acids is 1. The van der Waals surface area contributed by atoms with E-state index >= 15 is 0 Å². The minimum atomic E-state index is -0.0421. The molecule has 0 aromatic carbocycles. The molecule has 0 aliphatic carbocycles. The van der Waals surface area contributed by atoms with Gasteiger partial charge in [0.05, 0.1) is 6.04 Å². The topological polar surface area (TPSA) is 50.9 Å². The molecular formula is C14H29N5O. The lowest BCUT2D eigenvalue weighted by atomic mass is 10.1. The van der Waals surface area contributed by atoms with Crippen LogP contribution in [0.15, 0.2) is 0 Å². The Morgan fingerprint density at radius 3 is 2.40 bits per heavy atom. The Kier molecular flexibility index (Phi) is 5.77. The normalized spacial score (nSPS) is 28.9. The summed E-state index contributed by atoms with van der Waals surface area (Å²) in [7, 11) is 4.20. The van der Waals surface area contributed by atoms with Crippen molar-refractivity contribution in [2.24, 2.45) is 0 Å². The molecule has 0 aromatic rings. The minimum absolute atomic E-state index is 0.0421. The summed E-state index contributed by atoms with van der Waals surface area (Å²) in [6.07, 6.45) is 0. The monoisotopic (exact) mass is 283 g/mol. The molecule has 0 bridgehead atoms. The van der Waals surface area contributed by atoms with Crippen LogP contribution in [0.2, 0.25) is 0 Å². The predicted molar refractivity (Wildman–Crippen MR) is 80.8 cm³/mol. The number of nitrogens with zero attached hydrogens (tertiary/aromatic N) is 3. The van der Waals surface area contributed by atoms with Gasteiger partial charge in [-0.05, 0) is 21.0 Å². The van der Waals surface area contributed by atoms with E-state index in [4.69, 9.17) is 0 Å². The quantitative estimate of drug-likeness (QED) is 0.668. The van der Waals surface area contributed by atoms with Crippen molar-refractivity contribution in [1.29, 1.82) is 0 Å². The lowest BCUT2D eigenvalue weighted by Crippen LogP contribution is -2.61. The highest BCUT2D eigenvalue weighted by Crippen LogP contribution is 2.05. The highest BCUT2D eigenvalue weighted by atomic mass is 16.2. The first-order valence-electron chi connectivity index (χ1n) is 7.69. The third-order valence-electron chi connectivity index (χ3n) is 4.19. The van der Waals surface area contributed by atoms with Crippen LogP contribution >= 0.6 is 0 Å². The largest absolute Gasteiger partial charge is 0.339 e. The smallest absolute Gasteiger partial charge is 0.241 e. The van der Waals surface area contributed by atoms with Crippen LogP contribution in [0.4, 0.5) is 0 Å². The van der Waals surface area contributed by atoms with Gasteiger partial charge in [0, 0.05) is 58.4 Å². The molecule has 2 heterocycles. The van der Waals surface area contributed by atoms with Crippen molar-refractivity contribution in [2.75, 3.05) is 66.5 Å². The van der Waals surface area contributed by atoms with Crippen LogP contribution in [0, 0.1) is 0 Å². The van der Waals surface area contributed by atoms with Gasteiger partial charge in [-0.1, -0.05) is 0 Å². The van der Waals surface area contributed by atoms with Gasteiger partial charge in [-0.15, -0.1) is 0 Å². The zero-order chi connectivity index (χ0) is 14.5. The van der Waals surface area contributed by atoms with Gasteiger partial charge in [-0.2, -0.15) is 0 Å². The van der Waals surface area contributed by atoms with Crippen molar-refractivity contribution >= 4 is 5.91 Å². The zero-order valence-electron chi connectivity index (χ0n) is 13.1. The van der Waals surface area contributed by atoms with Crippen molar-refractivity contribution in [3.63, 3.8) is 0 Å².